The van der Waals surface area contributed by atoms with Crippen LogP contribution in [-0.4, -0.2) is 11.8 Å². The molecule has 0 atom stereocenters. The van der Waals surface area contributed by atoms with Gasteiger partial charge in [0.1, 0.15) is 0 Å². The van der Waals surface area contributed by atoms with Gasteiger partial charge in [0.05, 0.1) is 5.56 Å². The molecule has 17 heavy (non-hydrogen) atoms. The van der Waals surface area contributed by atoms with Gasteiger partial charge in [-0.25, -0.2) is 0 Å². The van der Waals surface area contributed by atoms with E-state index < -0.39 is 11.7 Å². The summed E-state index contributed by atoms with van der Waals surface area (Å²) in [4.78, 5) is 0. The monoisotopic (exact) mass is 284 g/mol. The molecule has 0 radical (unpaired) electrons. The lowest BCUT2D eigenvalue weighted by Gasteiger charge is -2.24. The number of benzene rings is 1. The average Bonchev–Trinajstić information content (AvgIpc) is 2.28. The van der Waals surface area contributed by atoms with Gasteiger partial charge in [0.15, 0.2) is 0 Å². The fraction of sp³-hybridized carbons (Fsp3) is 0.500. The zero-order valence-electron chi connectivity index (χ0n) is 9.32. The lowest BCUT2D eigenvalue weighted by Crippen LogP contribution is -2.23. The predicted octanol–water partition coefficient (Wildman–Crippen LogP) is 4.73. The molecular weight excluding hydrogens is 272 g/mol. The van der Waals surface area contributed by atoms with Crippen molar-refractivity contribution in [2.45, 2.75) is 19.5 Å². The topological polar surface area (TPSA) is 0 Å². The molecule has 0 nitrogen and oxygen atoms in total. The lowest BCUT2D eigenvalue weighted by atomic mass is 9.87. The second-order valence-corrected chi connectivity index (χ2v) is 4.98. The van der Waals surface area contributed by atoms with Gasteiger partial charge in [-0.1, -0.05) is 19.1 Å². The molecule has 0 amide bonds. The largest absolute Gasteiger partial charge is 0.416 e. The molecule has 0 bridgehead atoms. The summed E-state index contributed by atoms with van der Waals surface area (Å²) in [5.41, 5.74) is -0.121. The Kier molecular flexibility index (Phi) is 4.73. The third-order valence-corrected chi connectivity index (χ3v) is 3.85. The van der Waals surface area contributed by atoms with E-state index in [1.54, 1.807) is 0 Å². The van der Waals surface area contributed by atoms with Crippen LogP contribution in [0.3, 0.4) is 0 Å². The highest BCUT2D eigenvalue weighted by molar-refractivity contribution is 6.21. The Morgan fingerprint density at radius 2 is 1.47 bits per heavy atom. The normalized spacial score (nSPS) is 12.8. The molecule has 1 aromatic rings. The van der Waals surface area contributed by atoms with Gasteiger partial charge in [-0.15, -0.1) is 23.2 Å². The number of alkyl halides is 5. The van der Waals surface area contributed by atoms with Crippen LogP contribution in [0.4, 0.5) is 13.2 Å². The molecule has 0 unspecified atom stereocenters. The van der Waals surface area contributed by atoms with E-state index in [2.05, 4.69) is 0 Å². The van der Waals surface area contributed by atoms with Crippen molar-refractivity contribution in [1.29, 1.82) is 0 Å². The Hall–Kier alpha value is -0.410. The smallest absolute Gasteiger partial charge is 0.166 e. The quantitative estimate of drug-likeness (QED) is 0.701. The van der Waals surface area contributed by atoms with Crippen molar-refractivity contribution in [1.82, 2.24) is 0 Å². The van der Waals surface area contributed by atoms with Gasteiger partial charge in [-0.05, 0) is 29.5 Å². The maximum atomic E-state index is 12.3. The Morgan fingerprint density at radius 3 is 1.82 bits per heavy atom. The lowest BCUT2D eigenvalue weighted by molar-refractivity contribution is -0.137. The van der Waals surface area contributed by atoms with Crippen molar-refractivity contribution in [3.63, 3.8) is 0 Å². The number of hydrogen-bond donors (Lipinski definition) is 0. The first kappa shape index (κ1) is 14.7. The van der Waals surface area contributed by atoms with Crippen LogP contribution < -0.4 is 0 Å². The fourth-order valence-corrected chi connectivity index (χ4v) is 1.91. The number of halogens is 5. The van der Waals surface area contributed by atoms with Crippen LogP contribution in [0.5, 0.6) is 0 Å². The Labute approximate surface area is 109 Å². The van der Waals surface area contributed by atoms with Crippen molar-refractivity contribution in [3.8, 4) is 0 Å². The first-order valence-corrected chi connectivity index (χ1v) is 6.16. The Balaban J connectivity index is 2.82. The minimum atomic E-state index is -4.29. The molecule has 0 heterocycles. The molecule has 0 spiro atoms. The van der Waals surface area contributed by atoms with Crippen LogP contribution in [0.15, 0.2) is 24.3 Å². The Morgan fingerprint density at radius 1 is 1.00 bits per heavy atom. The molecular formula is C12H13Cl2F3. The van der Waals surface area contributed by atoms with Crippen LogP contribution in [0.25, 0.3) is 0 Å². The minimum absolute atomic E-state index is 0.289. The molecule has 0 aliphatic heterocycles. The molecule has 0 aliphatic rings. The van der Waals surface area contributed by atoms with E-state index in [0.717, 1.165) is 17.7 Å². The SMILES string of the molecule is CC(CCl)(CCl)Cc1ccc(C(F)(F)F)cc1. The van der Waals surface area contributed by atoms with E-state index in [1.807, 2.05) is 6.92 Å². The van der Waals surface area contributed by atoms with Crippen LogP contribution in [0, 0.1) is 5.41 Å². The molecule has 96 valence electrons. The summed E-state index contributed by atoms with van der Waals surface area (Å²) in [6, 6.07) is 5.11. The molecule has 0 N–H and O–H groups in total. The minimum Gasteiger partial charge on any atom is -0.166 e. The summed E-state index contributed by atoms with van der Waals surface area (Å²) < 4.78 is 37.0. The van der Waals surface area contributed by atoms with Gasteiger partial charge in [-0.2, -0.15) is 13.2 Å². The van der Waals surface area contributed by atoms with Crippen molar-refractivity contribution in [2.75, 3.05) is 11.8 Å². The second kappa shape index (κ2) is 5.49. The highest BCUT2D eigenvalue weighted by Gasteiger charge is 2.30. The van der Waals surface area contributed by atoms with Crippen molar-refractivity contribution in [3.05, 3.63) is 35.4 Å². The molecule has 0 aromatic heterocycles. The van der Waals surface area contributed by atoms with Gasteiger partial charge < -0.3 is 0 Å². The first-order chi connectivity index (χ1) is 7.80. The van der Waals surface area contributed by atoms with Crippen LogP contribution >= 0.6 is 23.2 Å². The van der Waals surface area contributed by atoms with Crippen LogP contribution in [0.2, 0.25) is 0 Å². The molecule has 0 fully saturated rings. The summed E-state index contributed by atoms with van der Waals surface area (Å²) in [7, 11) is 0. The zero-order valence-corrected chi connectivity index (χ0v) is 10.8. The summed E-state index contributed by atoms with van der Waals surface area (Å²) in [5.74, 6) is 0.745. The van der Waals surface area contributed by atoms with E-state index in [4.69, 9.17) is 23.2 Å². The highest BCUT2D eigenvalue weighted by Crippen LogP contribution is 2.31. The highest BCUT2D eigenvalue weighted by atomic mass is 35.5. The van der Waals surface area contributed by atoms with E-state index in [-0.39, 0.29) is 5.41 Å². The van der Waals surface area contributed by atoms with E-state index in [9.17, 15) is 13.2 Å². The summed E-state index contributed by atoms with van der Waals surface area (Å²) in [6.45, 7) is 1.91. The third-order valence-electron chi connectivity index (χ3n) is 2.56. The van der Waals surface area contributed by atoms with Crippen molar-refractivity contribution >= 4 is 23.2 Å². The van der Waals surface area contributed by atoms with E-state index in [1.165, 1.54) is 12.1 Å². The van der Waals surface area contributed by atoms with E-state index >= 15 is 0 Å². The van der Waals surface area contributed by atoms with Gasteiger partial charge in [0.2, 0.25) is 0 Å². The van der Waals surface area contributed by atoms with Crippen LogP contribution in [0.1, 0.15) is 18.1 Å². The number of hydrogen-bond acceptors (Lipinski definition) is 0. The maximum Gasteiger partial charge on any atom is 0.416 e. The summed E-state index contributed by atoms with van der Waals surface area (Å²) in [6.07, 6.45) is -3.72. The van der Waals surface area contributed by atoms with Gasteiger partial charge in [0, 0.05) is 11.8 Å². The predicted molar refractivity (Wildman–Crippen MR) is 64.7 cm³/mol. The standard InChI is InChI=1S/C12H13Cl2F3/c1-11(7-13,8-14)6-9-2-4-10(5-3-9)12(15,16)17/h2-5H,6-8H2,1H3. The van der Waals surface area contributed by atoms with Crippen molar-refractivity contribution in [2.24, 2.45) is 5.41 Å². The molecule has 0 saturated heterocycles. The molecule has 5 heteroatoms. The summed E-state index contributed by atoms with van der Waals surface area (Å²) in [5, 5.41) is 0. The zero-order chi connectivity index (χ0) is 13.1. The van der Waals surface area contributed by atoms with Crippen LogP contribution in [-0.2, 0) is 12.6 Å². The first-order valence-electron chi connectivity index (χ1n) is 5.09. The van der Waals surface area contributed by atoms with Gasteiger partial charge in [0.25, 0.3) is 0 Å². The summed E-state index contributed by atoms with van der Waals surface area (Å²) >= 11 is 11.6. The average molecular weight is 285 g/mol. The third kappa shape index (κ3) is 4.07. The van der Waals surface area contributed by atoms with Gasteiger partial charge >= 0.3 is 6.18 Å². The fourth-order valence-electron chi connectivity index (χ4n) is 1.43. The maximum absolute atomic E-state index is 12.3. The second-order valence-electron chi connectivity index (χ2n) is 4.45. The van der Waals surface area contributed by atoms with Crippen molar-refractivity contribution < 1.29 is 13.2 Å². The molecule has 1 aromatic carbocycles. The molecule has 1 rings (SSSR count). The van der Waals surface area contributed by atoms with Gasteiger partial charge in [-0.3, -0.25) is 0 Å². The molecule has 0 aliphatic carbocycles. The molecule has 0 saturated carbocycles. The number of rotatable bonds is 4. The van der Waals surface area contributed by atoms with E-state index in [0.29, 0.717) is 18.2 Å². The Bertz CT molecular complexity index is 353.